The van der Waals surface area contributed by atoms with Crippen LogP contribution >= 0.6 is 0 Å². The molecule has 2 aromatic rings. The molecule has 2 amide bonds. The van der Waals surface area contributed by atoms with Crippen LogP contribution in [0.3, 0.4) is 0 Å². The van der Waals surface area contributed by atoms with Crippen molar-refractivity contribution >= 4 is 11.8 Å². The summed E-state index contributed by atoms with van der Waals surface area (Å²) in [6.07, 6.45) is 3.09. The molecule has 0 spiro atoms. The van der Waals surface area contributed by atoms with Crippen LogP contribution in [0.1, 0.15) is 31.7 Å². The zero-order chi connectivity index (χ0) is 21.3. The zero-order valence-electron chi connectivity index (χ0n) is 17.7. The molecule has 1 aliphatic carbocycles. The normalized spacial score (nSPS) is 25.6. The minimum atomic E-state index is -0.638. The fourth-order valence-electron chi connectivity index (χ4n) is 4.82. The van der Waals surface area contributed by atoms with Gasteiger partial charge < -0.3 is 10.2 Å². The van der Waals surface area contributed by atoms with E-state index in [0.29, 0.717) is 18.9 Å². The predicted molar refractivity (Wildman–Crippen MR) is 115 cm³/mol. The summed E-state index contributed by atoms with van der Waals surface area (Å²) < 4.78 is 13.7. The van der Waals surface area contributed by atoms with E-state index in [1.807, 2.05) is 35.2 Å². The van der Waals surface area contributed by atoms with Crippen LogP contribution in [-0.2, 0) is 16.0 Å². The molecule has 4 nitrogen and oxygen atoms in total. The highest BCUT2D eigenvalue weighted by molar-refractivity contribution is 5.86. The molecule has 2 aromatic carbocycles. The van der Waals surface area contributed by atoms with Crippen LogP contribution in [0.5, 0.6) is 0 Å². The van der Waals surface area contributed by atoms with Gasteiger partial charge in [0.05, 0.1) is 5.41 Å². The Balaban J connectivity index is 1.60. The van der Waals surface area contributed by atoms with E-state index >= 15 is 0 Å². The molecule has 0 aromatic heterocycles. The first-order valence-electron chi connectivity index (χ1n) is 10.8. The lowest BCUT2D eigenvalue weighted by molar-refractivity contribution is -0.142. The van der Waals surface area contributed by atoms with Gasteiger partial charge in [0.15, 0.2) is 0 Å². The number of halogens is 1. The summed E-state index contributed by atoms with van der Waals surface area (Å²) in [4.78, 5) is 27.8. The molecule has 1 saturated heterocycles. The maximum Gasteiger partial charge on any atom is 0.228 e. The molecule has 2 fully saturated rings. The summed E-state index contributed by atoms with van der Waals surface area (Å²) >= 11 is 0. The number of carbonyl (C=O) groups is 2. The second-order valence-corrected chi connectivity index (χ2v) is 8.93. The van der Waals surface area contributed by atoms with Crippen LogP contribution in [0.15, 0.2) is 48.5 Å². The number of rotatable bonds is 5. The molecule has 3 unspecified atom stereocenters. The second kappa shape index (κ2) is 8.21. The largest absolute Gasteiger partial charge is 0.359 e. The van der Waals surface area contributed by atoms with Gasteiger partial charge in [0, 0.05) is 26.1 Å². The molecule has 158 valence electrons. The molecule has 1 N–H and O–H groups in total. The average Bonchev–Trinajstić information content (AvgIpc) is 3.49. The number of hydrogen-bond acceptors (Lipinski definition) is 2. The maximum absolute atomic E-state index is 13.7. The van der Waals surface area contributed by atoms with Crippen LogP contribution in [-0.4, -0.2) is 36.9 Å². The van der Waals surface area contributed by atoms with E-state index in [2.05, 4.69) is 12.2 Å². The number of benzene rings is 2. The Labute approximate surface area is 177 Å². The summed E-state index contributed by atoms with van der Waals surface area (Å²) in [5.74, 6) is 0.498. The molecule has 3 atom stereocenters. The van der Waals surface area contributed by atoms with Gasteiger partial charge in [-0.1, -0.05) is 43.3 Å². The van der Waals surface area contributed by atoms with Gasteiger partial charge >= 0.3 is 0 Å². The molecular formula is C25H29FN2O2. The van der Waals surface area contributed by atoms with Gasteiger partial charge in [-0.05, 0) is 60.4 Å². The van der Waals surface area contributed by atoms with E-state index in [0.717, 1.165) is 42.5 Å². The Bertz CT molecular complexity index is 960. The number of carbonyl (C=O) groups excluding carboxylic acids is 2. The van der Waals surface area contributed by atoms with Crippen molar-refractivity contribution in [1.29, 1.82) is 0 Å². The lowest BCUT2D eigenvalue weighted by atomic mass is 9.74. The Hall–Kier alpha value is -2.69. The summed E-state index contributed by atoms with van der Waals surface area (Å²) in [5.41, 5.74) is 2.12. The maximum atomic E-state index is 13.7. The predicted octanol–water partition coefficient (Wildman–Crippen LogP) is 4.05. The first kappa shape index (κ1) is 20.6. The van der Waals surface area contributed by atoms with Crippen molar-refractivity contribution in [3.63, 3.8) is 0 Å². The van der Waals surface area contributed by atoms with Crippen molar-refractivity contribution in [1.82, 2.24) is 10.2 Å². The summed E-state index contributed by atoms with van der Waals surface area (Å²) in [7, 11) is 1.66. The molecule has 1 heterocycles. The van der Waals surface area contributed by atoms with E-state index in [4.69, 9.17) is 0 Å². The van der Waals surface area contributed by atoms with Gasteiger partial charge in [0.1, 0.15) is 5.82 Å². The Morgan fingerprint density at radius 2 is 1.87 bits per heavy atom. The topological polar surface area (TPSA) is 49.4 Å². The quantitative estimate of drug-likeness (QED) is 0.812. The summed E-state index contributed by atoms with van der Waals surface area (Å²) in [6.45, 7) is 3.29. The van der Waals surface area contributed by atoms with Gasteiger partial charge in [-0.3, -0.25) is 9.59 Å². The molecule has 1 saturated carbocycles. The number of amides is 2. The first-order valence-corrected chi connectivity index (χ1v) is 10.8. The van der Waals surface area contributed by atoms with Crippen molar-refractivity contribution < 1.29 is 14.0 Å². The molecule has 30 heavy (non-hydrogen) atoms. The first-order chi connectivity index (χ1) is 14.4. The van der Waals surface area contributed by atoms with E-state index in [1.54, 1.807) is 13.1 Å². The minimum Gasteiger partial charge on any atom is -0.359 e. The molecule has 5 heteroatoms. The Kier molecular flexibility index (Phi) is 5.63. The molecule has 1 aliphatic heterocycles. The van der Waals surface area contributed by atoms with Gasteiger partial charge in [-0.15, -0.1) is 0 Å². The van der Waals surface area contributed by atoms with Crippen molar-refractivity contribution in [2.24, 2.45) is 17.3 Å². The van der Waals surface area contributed by atoms with Crippen molar-refractivity contribution in [2.75, 3.05) is 20.1 Å². The van der Waals surface area contributed by atoms with Crippen LogP contribution in [0.25, 0.3) is 11.1 Å². The third-order valence-corrected chi connectivity index (χ3v) is 6.65. The smallest absolute Gasteiger partial charge is 0.228 e. The molecule has 0 bridgehead atoms. The molecule has 4 rings (SSSR count). The van der Waals surface area contributed by atoms with Crippen molar-refractivity contribution in [2.45, 2.75) is 32.6 Å². The molecule has 2 aliphatic rings. The summed E-state index contributed by atoms with van der Waals surface area (Å²) in [6, 6.07) is 14.5. The van der Waals surface area contributed by atoms with E-state index in [1.165, 1.54) is 12.1 Å². The average molecular weight is 409 g/mol. The highest BCUT2D eigenvalue weighted by atomic mass is 19.1. The fourth-order valence-corrected chi connectivity index (χ4v) is 4.82. The number of nitrogens with one attached hydrogen (secondary N) is 1. The fraction of sp³-hybridized carbons (Fsp3) is 0.440. The summed E-state index contributed by atoms with van der Waals surface area (Å²) in [5, 5.41) is 2.84. The van der Waals surface area contributed by atoms with Gasteiger partial charge in [-0.25, -0.2) is 4.39 Å². The van der Waals surface area contributed by atoms with Crippen LogP contribution < -0.4 is 5.32 Å². The van der Waals surface area contributed by atoms with Gasteiger partial charge in [0.25, 0.3) is 0 Å². The second-order valence-electron chi connectivity index (χ2n) is 8.93. The molecular weight excluding hydrogens is 379 g/mol. The van der Waals surface area contributed by atoms with Crippen LogP contribution in [0, 0.1) is 23.1 Å². The number of likely N-dealkylation sites (tertiary alicyclic amines) is 1. The third-order valence-electron chi connectivity index (χ3n) is 6.65. The van der Waals surface area contributed by atoms with Gasteiger partial charge in [-0.2, -0.15) is 0 Å². The zero-order valence-corrected chi connectivity index (χ0v) is 17.7. The minimum absolute atomic E-state index is 0.0139. The Morgan fingerprint density at radius 1 is 1.17 bits per heavy atom. The molecule has 0 radical (unpaired) electrons. The van der Waals surface area contributed by atoms with Crippen LogP contribution in [0.2, 0.25) is 0 Å². The lowest BCUT2D eigenvalue weighted by Crippen LogP contribution is -2.54. The highest BCUT2D eigenvalue weighted by Crippen LogP contribution is 2.42. The number of nitrogens with zero attached hydrogens (tertiary/aromatic N) is 1. The van der Waals surface area contributed by atoms with Crippen molar-refractivity contribution in [3.05, 3.63) is 59.9 Å². The number of piperidine rings is 1. The Morgan fingerprint density at radius 3 is 2.53 bits per heavy atom. The monoisotopic (exact) mass is 408 g/mol. The SMILES string of the molecule is CNC(=O)C1(Cc2cccc(-c3cccc(F)c3)c2)CCCN(C(=O)C2CC2C)C1. The highest BCUT2D eigenvalue weighted by Gasteiger charge is 2.47. The van der Waals surface area contributed by atoms with E-state index in [-0.39, 0.29) is 23.5 Å². The van der Waals surface area contributed by atoms with Crippen molar-refractivity contribution in [3.8, 4) is 11.1 Å². The van der Waals surface area contributed by atoms with Crippen LogP contribution in [0.4, 0.5) is 4.39 Å². The number of hydrogen-bond donors (Lipinski definition) is 1. The van der Waals surface area contributed by atoms with E-state index < -0.39 is 5.41 Å². The third kappa shape index (κ3) is 4.11. The van der Waals surface area contributed by atoms with Gasteiger partial charge in [0.2, 0.25) is 11.8 Å². The standard InChI is InChI=1S/C25H29FN2O2/c1-17-12-22(17)23(29)28-11-5-10-25(16-28,24(30)27-2)15-18-6-3-7-19(13-18)20-8-4-9-21(26)14-20/h3-4,6-9,13-14,17,22H,5,10-12,15-16H2,1-2H3,(H,27,30). The lowest BCUT2D eigenvalue weighted by Gasteiger charge is -2.42. The van der Waals surface area contributed by atoms with E-state index in [9.17, 15) is 14.0 Å².